The first-order valence-electron chi connectivity index (χ1n) is 3.03. The van der Waals surface area contributed by atoms with Crippen LogP contribution in [0.15, 0.2) is 0 Å². The van der Waals surface area contributed by atoms with E-state index in [2.05, 4.69) is 28.2 Å². The van der Waals surface area contributed by atoms with Crippen molar-refractivity contribution < 1.29 is 27.6 Å². The van der Waals surface area contributed by atoms with Crippen LogP contribution >= 0.6 is 0 Å². The number of carboxylic acid groups (broad SMARTS) is 1. The smallest absolute Gasteiger partial charge is 0.475 e. The number of carbonyl (C=O) groups is 1. The molecule has 0 aromatic carbocycles. The monoisotopic (exact) mass is 188 g/mol. The minimum atomic E-state index is -5.08. The van der Waals surface area contributed by atoms with Crippen LogP contribution in [0.2, 0.25) is 0 Å². The summed E-state index contributed by atoms with van der Waals surface area (Å²) < 4.78 is 32.7. The Morgan fingerprint density at radius 1 is 1.17 bits per heavy atom. The molecule has 0 spiro atoms. The van der Waals surface area contributed by atoms with Gasteiger partial charge in [0.2, 0.25) is 0 Å². The van der Waals surface area contributed by atoms with Crippen LogP contribution in [-0.2, 0) is 4.79 Å². The van der Waals surface area contributed by atoms with Crippen molar-refractivity contribution in [3.8, 4) is 0 Å². The largest absolute Gasteiger partial charge is 0.490 e. The van der Waals surface area contributed by atoms with E-state index in [9.17, 15) is 13.2 Å². The highest BCUT2D eigenvalue weighted by Gasteiger charge is 2.38. The third-order valence-corrected chi connectivity index (χ3v) is 0.243. The molecule has 6 heteroatoms. The summed E-state index contributed by atoms with van der Waals surface area (Å²) in [6.07, 6.45) is -5.08. The molecule has 0 saturated carbocycles. The van der Waals surface area contributed by atoms with Crippen LogP contribution in [0.5, 0.6) is 0 Å². The van der Waals surface area contributed by atoms with E-state index in [0.717, 1.165) is 4.48 Å². The van der Waals surface area contributed by atoms with Crippen LogP contribution in [0, 0.1) is 0 Å². The van der Waals surface area contributed by atoms with Crippen molar-refractivity contribution in [1.29, 1.82) is 0 Å². The quantitative estimate of drug-likeness (QED) is 0.575. The third-order valence-electron chi connectivity index (χ3n) is 0.243. The first-order chi connectivity index (χ1) is 4.94. The molecule has 0 aliphatic carbocycles. The molecule has 0 bridgehead atoms. The Balaban J connectivity index is 0. The summed E-state index contributed by atoms with van der Waals surface area (Å²) in [6, 6.07) is 0. The Morgan fingerprint density at radius 3 is 1.25 bits per heavy atom. The third kappa shape index (κ3) is 22.9. The highest BCUT2D eigenvalue weighted by atomic mass is 19.4. The van der Waals surface area contributed by atoms with E-state index in [4.69, 9.17) is 9.90 Å². The number of nitrogens with zero attached hydrogens (tertiary/aromatic N) is 1. The van der Waals surface area contributed by atoms with Crippen LogP contribution in [0.3, 0.4) is 0 Å². The molecule has 0 atom stereocenters. The van der Waals surface area contributed by atoms with Crippen molar-refractivity contribution in [2.45, 2.75) is 6.18 Å². The molecule has 0 unspecified atom stereocenters. The van der Waals surface area contributed by atoms with E-state index in [1.807, 2.05) is 0 Å². The minimum absolute atomic E-state index is 1.00. The van der Waals surface area contributed by atoms with Crippen LogP contribution in [0.25, 0.3) is 0 Å². The van der Waals surface area contributed by atoms with E-state index in [1.165, 1.54) is 0 Å². The zero-order valence-corrected chi connectivity index (χ0v) is 7.44. The normalized spacial score (nSPS) is 11.6. The van der Waals surface area contributed by atoms with Crippen LogP contribution < -0.4 is 0 Å². The predicted octanol–water partition coefficient (Wildman–Crippen LogP) is 0.956. The Kier molecular flexibility index (Phi) is 4.94. The van der Waals surface area contributed by atoms with Crippen molar-refractivity contribution in [2.75, 3.05) is 28.2 Å². The van der Waals surface area contributed by atoms with Gasteiger partial charge in [-0.05, 0) is 0 Å². The number of aliphatic carboxylic acids is 1. The number of hydrogen-bond acceptors (Lipinski definition) is 1. The molecule has 0 radical (unpaired) electrons. The van der Waals surface area contributed by atoms with Crippen molar-refractivity contribution in [3.63, 3.8) is 0 Å². The molecule has 74 valence electrons. The van der Waals surface area contributed by atoms with Crippen molar-refractivity contribution >= 4 is 5.97 Å². The Labute approximate surface area is 69.0 Å². The number of rotatable bonds is 0. The molecule has 0 aliphatic heterocycles. The van der Waals surface area contributed by atoms with Crippen LogP contribution in [-0.4, -0.2) is 49.9 Å². The molecule has 0 aromatic rings. The highest BCUT2D eigenvalue weighted by Crippen LogP contribution is 2.13. The lowest BCUT2D eigenvalue weighted by atomic mass is 10.7. The number of carboxylic acids is 1. The highest BCUT2D eigenvalue weighted by molar-refractivity contribution is 5.73. The molecule has 0 amide bonds. The van der Waals surface area contributed by atoms with Gasteiger partial charge in [-0.25, -0.2) is 4.79 Å². The zero-order chi connectivity index (χ0) is 10.6. The van der Waals surface area contributed by atoms with Crippen molar-refractivity contribution in [2.24, 2.45) is 0 Å². The Hall–Kier alpha value is -0.780. The van der Waals surface area contributed by atoms with Gasteiger partial charge < -0.3 is 9.59 Å². The molecule has 0 aliphatic rings. The number of hydrogen-bond donors (Lipinski definition) is 1. The van der Waals surface area contributed by atoms with E-state index < -0.39 is 12.1 Å². The van der Waals surface area contributed by atoms with Gasteiger partial charge in [0, 0.05) is 0 Å². The van der Waals surface area contributed by atoms with E-state index in [-0.39, 0.29) is 0 Å². The minimum Gasteiger partial charge on any atom is -0.475 e. The standard InChI is InChI=1S/C4H12N.C2HF3O2/c1-5(2,3)4;3-2(4,5)1(6)7/h1-4H3;(H,6,7)/q+1;. The summed E-state index contributed by atoms with van der Waals surface area (Å²) in [4.78, 5) is 8.90. The fourth-order valence-electron chi connectivity index (χ4n) is 0. The lowest BCUT2D eigenvalue weighted by Crippen LogP contribution is -2.27. The average molecular weight is 188 g/mol. The maximum absolute atomic E-state index is 10.6. The maximum atomic E-state index is 10.6. The van der Waals surface area contributed by atoms with E-state index in [1.54, 1.807) is 0 Å². The van der Waals surface area contributed by atoms with E-state index in [0.29, 0.717) is 0 Å². The molecule has 1 N–H and O–H groups in total. The van der Waals surface area contributed by atoms with Gasteiger partial charge in [-0.2, -0.15) is 13.2 Å². The summed E-state index contributed by atoms with van der Waals surface area (Å²) in [5, 5.41) is 7.12. The first-order valence-corrected chi connectivity index (χ1v) is 3.03. The fourth-order valence-corrected chi connectivity index (χ4v) is 0. The van der Waals surface area contributed by atoms with Gasteiger partial charge in [0.15, 0.2) is 0 Å². The average Bonchev–Trinajstić information content (AvgIpc) is 1.55. The number of halogens is 3. The summed E-state index contributed by atoms with van der Waals surface area (Å²) in [5.74, 6) is -2.76. The lowest BCUT2D eigenvalue weighted by Gasteiger charge is -2.14. The number of alkyl halides is 3. The molecule has 0 aromatic heterocycles. The molecule has 0 fully saturated rings. The SMILES string of the molecule is C[N+](C)(C)C.O=C(O)C(F)(F)F. The lowest BCUT2D eigenvalue weighted by molar-refractivity contribution is -0.849. The topological polar surface area (TPSA) is 37.3 Å². The molecule has 0 heterocycles. The van der Waals surface area contributed by atoms with Gasteiger partial charge in [0.25, 0.3) is 0 Å². The van der Waals surface area contributed by atoms with E-state index >= 15 is 0 Å². The molecule has 12 heavy (non-hydrogen) atoms. The van der Waals surface area contributed by atoms with Crippen molar-refractivity contribution in [1.82, 2.24) is 0 Å². The number of quaternary nitrogens is 1. The van der Waals surface area contributed by atoms with Gasteiger partial charge in [0.05, 0.1) is 28.2 Å². The van der Waals surface area contributed by atoms with Gasteiger partial charge in [-0.15, -0.1) is 0 Å². The fraction of sp³-hybridized carbons (Fsp3) is 0.833. The zero-order valence-electron chi connectivity index (χ0n) is 7.44. The first kappa shape index (κ1) is 13.8. The molecular formula is C6H13F3NO2+. The summed E-state index contributed by atoms with van der Waals surface area (Å²) in [6.45, 7) is 0. The van der Waals surface area contributed by atoms with Gasteiger partial charge in [-0.3, -0.25) is 0 Å². The molecule has 0 rings (SSSR count). The second-order valence-electron chi connectivity index (χ2n) is 3.49. The van der Waals surface area contributed by atoms with Gasteiger partial charge in [0.1, 0.15) is 0 Å². The summed E-state index contributed by atoms with van der Waals surface area (Å²) >= 11 is 0. The van der Waals surface area contributed by atoms with Gasteiger partial charge in [-0.1, -0.05) is 0 Å². The van der Waals surface area contributed by atoms with Crippen LogP contribution in [0.4, 0.5) is 13.2 Å². The second kappa shape index (κ2) is 4.30. The van der Waals surface area contributed by atoms with Crippen molar-refractivity contribution in [3.05, 3.63) is 0 Å². The summed E-state index contributed by atoms with van der Waals surface area (Å²) in [5.41, 5.74) is 0. The Bertz CT molecular complexity index is 142. The molecule has 0 saturated heterocycles. The maximum Gasteiger partial charge on any atom is 0.490 e. The van der Waals surface area contributed by atoms with Gasteiger partial charge >= 0.3 is 12.1 Å². The predicted molar refractivity (Wildman–Crippen MR) is 37.6 cm³/mol. The Morgan fingerprint density at radius 2 is 1.25 bits per heavy atom. The van der Waals surface area contributed by atoms with Crippen LogP contribution in [0.1, 0.15) is 0 Å². The molecule has 3 nitrogen and oxygen atoms in total. The molecular weight excluding hydrogens is 175 g/mol. The second-order valence-corrected chi connectivity index (χ2v) is 3.49. The summed E-state index contributed by atoms with van der Waals surface area (Å²) in [7, 11) is 8.50.